The van der Waals surface area contributed by atoms with Gasteiger partial charge in [0, 0.05) is 28.9 Å². The number of hydrogen-bond acceptors (Lipinski definition) is 5. The molecule has 0 unspecified atom stereocenters. The van der Waals surface area contributed by atoms with E-state index < -0.39 is 0 Å². The second kappa shape index (κ2) is 11.8. The van der Waals surface area contributed by atoms with E-state index in [0.29, 0.717) is 11.0 Å². The van der Waals surface area contributed by atoms with Crippen molar-refractivity contribution in [3.05, 3.63) is 63.3 Å². The first-order valence-corrected chi connectivity index (χ1v) is 13.0. The summed E-state index contributed by atoms with van der Waals surface area (Å²) in [5, 5.41) is 27.4. The monoisotopic (exact) mass is 491 g/mol. The molecule has 1 aliphatic heterocycles. The van der Waals surface area contributed by atoms with Gasteiger partial charge in [-0.05, 0) is 80.8 Å². The fourth-order valence-corrected chi connectivity index (χ4v) is 5.22. The van der Waals surface area contributed by atoms with Gasteiger partial charge in [0.1, 0.15) is 0 Å². The lowest BCUT2D eigenvalue weighted by Gasteiger charge is -2.42. The van der Waals surface area contributed by atoms with Crippen molar-refractivity contribution in [1.29, 1.82) is 5.26 Å². The molecular formula is C29H38ClN5. The number of aromatic nitrogens is 2. The summed E-state index contributed by atoms with van der Waals surface area (Å²) in [4.78, 5) is 0. The van der Waals surface area contributed by atoms with Gasteiger partial charge in [-0.15, -0.1) is 5.10 Å². The largest absolute Gasteiger partial charge is 0.362 e. The molecule has 2 N–H and O–H groups in total. The smallest absolute Gasteiger partial charge is 0.157 e. The zero-order valence-electron chi connectivity index (χ0n) is 21.9. The van der Waals surface area contributed by atoms with E-state index in [-0.39, 0.29) is 6.04 Å². The van der Waals surface area contributed by atoms with Crippen LogP contribution in [-0.2, 0) is 0 Å². The van der Waals surface area contributed by atoms with Crippen LogP contribution in [0.4, 0.5) is 5.82 Å². The summed E-state index contributed by atoms with van der Waals surface area (Å²) < 4.78 is 0. The molecule has 2 aromatic carbocycles. The van der Waals surface area contributed by atoms with Gasteiger partial charge < -0.3 is 10.6 Å². The van der Waals surface area contributed by atoms with Crippen LogP contribution in [0, 0.1) is 37.5 Å². The molecular weight excluding hydrogens is 454 g/mol. The number of nitrogens with one attached hydrogen (secondary N) is 2. The van der Waals surface area contributed by atoms with Crippen molar-refractivity contribution in [2.45, 2.75) is 73.3 Å². The summed E-state index contributed by atoms with van der Waals surface area (Å²) in [6.07, 6.45) is 5.55. The molecule has 0 radical (unpaired) electrons. The van der Waals surface area contributed by atoms with Gasteiger partial charge in [-0.2, -0.15) is 10.4 Å². The summed E-state index contributed by atoms with van der Waals surface area (Å²) in [5.41, 5.74) is 5.30. The van der Waals surface area contributed by atoms with Crippen molar-refractivity contribution in [3.63, 3.8) is 0 Å². The zero-order valence-corrected chi connectivity index (χ0v) is 22.7. The Morgan fingerprint density at radius 3 is 2.34 bits per heavy atom. The van der Waals surface area contributed by atoms with Crippen molar-refractivity contribution in [3.8, 4) is 6.07 Å². The molecule has 0 spiro atoms. The highest BCUT2D eigenvalue weighted by atomic mass is 35.5. The number of hydrogen-bond donors (Lipinski definition) is 2. The van der Waals surface area contributed by atoms with Gasteiger partial charge in [0.05, 0.1) is 23.4 Å². The summed E-state index contributed by atoms with van der Waals surface area (Å²) in [6.45, 7) is 15.0. The van der Waals surface area contributed by atoms with E-state index in [9.17, 15) is 5.26 Å². The fourth-order valence-electron chi connectivity index (χ4n) is 5.06. The molecule has 2 heterocycles. The molecule has 0 amide bonds. The van der Waals surface area contributed by atoms with Gasteiger partial charge in [-0.25, -0.2) is 0 Å². The number of nitrogens with zero attached hydrogens (tertiary/aromatic N) is 3. The maximum atomic E-state index is 9.24. The fraction of sp³-hybridized carbons (Fsp3) is 0.483. The lowest BCUT2D eigenvalue weighted by molar-refractivity contribution is 0.135. The van der Waals surface area contributed by atoms with Gasteiger partial charge >= 0.3 is 0 Å². The highest BCUT2D eigenvalue weighted by molar-refractivity contribution is 6.32. The number of nitriles is 1. The van der Waals surface area contributed by atoms with Crippen LogP contribution in [0.1, 0.15) is 80.4 Å². The lowest BCUT2D eigenvalue weighted by Crippen LogP contribution is -2.53. The Bertz CT molecular complexity index is 1200. The number of anilines is 1. The normalized spacial score (nSPS) is 14.9. The quantitative estimate of drug-likeness (QED) is 0.359. The minimum absolute atomic E-state index is 0.00973. The van der Waals surface area contributed by atoms with Crippen LogP contribution in [0.3, 0.4) is 0 Å². The van der Waals surface area contributed by atoms with Crippen molar-refractivity contribution in [2.24, 2.45) is 5.41 Å². The van der Waals surface area contributed by atoms with Crippen LogP contribution >= 0.6 is 11.6 Å². The molecule has 1 aliphatic rings. The Hall–Kier alpha value is -2.68. The van der Waals surface area contributed by atoms with E-state index in [0.717, 1.165) is 44.0 Å². The molecule has 1 saturated heterocycles. The third-order valence-corrected chi connectivity index (χ3v) is 7.53. The van der Waals surface area contributed by atoms with Crippen molar-refractivity contribution in [1.82, 2.24) is 15.5 Å². The standard InChI is InChI=1S/C20H19ClN4.C9H19N/c1-11-8-18-17(9-19(11)21)14(4)24-25-20(18)23-13(3)16-7-5-6-15(10-22)12(16)2;1-3-5-9(6-4-2)7-10-8-9/h5-9,13H,1-4H3,(H,23,25);10H,3-8H2,1-2H3/t13-;/m1./s1. The zero-order chi connectivity index (χ0) is 25.6. The SMILES string of the molecule is CCCC1(CCC)CNC1.Cc1cc2c(N[C@H](C)c3cccc(C#N)c3C)nnc(C)c2cc1Cl. The summed E-state index contributed by atoms with van der Waals surface area (Å²) in [7, 11) is 0. The van der Waals surface area contributed by atoms with E-state index in [4.69, 9.17) is 11.6 Å². The van der Waals surface area contributed by atoms with Gasteiger partial charge in [-0.1, -0.05) is 50.4 Å². The van der Waals surface area contributed by atoms with Crippen molar-refractivity contribution < 1.29 is 0 Å². The van der Waals surface area contributed by atoms with Crippen LogP contribution in [0.5, 0.6) is 0 Å². The molecule has 1 fully saturated rings. The molecule has 0 bridgehead atoms. The molecule has 6 heteroatoms. The van der Waals surface area contributed by atoms with E-state index in [2.05, 4.69) is 47.7 Å². The highest BCUT2D eigenvalue weighted by Gasteiger charge is 2.34. The first-order valence-electron chi connectivity index (χ1n) is 12.6. The Kier molecular flexibility index (Phi) is 9.10. The molecule has 1 aromatic heterocycles. The Balaban J connectivity index is 0.000000287. The second-order valence-corrected chi connectivity index (χ2v) is 10.3. The molecule has 186 valence electrons. The molecule has 35 heavy (non-hydrogen) atoms. The number of benzene rings is 2. The van der Waals surface area contributed by atoms with E-state index in [1.807, 2.05) is 51.1 Å². The number of halogens is 1. The van der Waals surface area contributed by atoms with Gasteiger partial charge in [0.25, 0.3) is 0 Å². The molecule has 0 saturated carbocycles. The summed E-state index contributed by atoms with van der Waals surface area (Å²) >= 11 is 6.27. The number of rotatable bonds is 7. The topological polar surface area (TPSA) is 73.6 Å². The van der Waals surface area contributed by atoms with Gasteiger partial charge in [-0.3, -0.25) is 0 Å². The molecule has 5 nitrogen and oxygen atoms in total. The van der Waals surface area contributed by atoms with Gasteiger partial charge in [0.2, 0.25) is 0 Å². The Morgan fingerprint density at radius 1 is 1.09 bits per heavy atom. The van der Waals surface area contributed by atoms with Crippen LogP contribution in [0.15, 0.2) is 30.3 Å². The molecule has 4 rings (SSSR count). The molecule has 3 aromatic rings. The minimum Gasteiger partial charge on any atom is -0.362 e. The highest BCUT2D eigenvalue weighted by Crippen LogP contribution is 2.33. The third kappa shape index (κ3) is 6.12. The van der Waals surface area contributed by atoms with Crippen molar-refractivity contribution in [2.75, 3.05) is 18.4 Å². The Labute approximate surface area is 215 Å². The van der Waals surface area contributed by atoms with Crippen LogP contribution in [0.25, 0.3) is 10.8 Å². The van der Waals surface area contributed by atoms with Crippen LogP contribution < -0.4 is 10.6 Å². The lowest BCUT2D eigenvalue weighted by atomic mass is 9.74. The Morgan fingerprint density at radius 2 is 1.77 bits per heavy atom. The first-order chi connectivity index (χ1) is 16.7. The molecule has 1 atom stereocenters. The summed E-state index contributed by atoms with van der Waals surface area (Å²) in [5.74, 6) is 0.717. The predicted molar refractivity (Wildman–Crippen MR) is 147 cm³/mol. The van der Waals surface area contributed by atoms with Crippen molar-refractivity contribution >= 4 is 28.2 Å². The number of aryl methyl sites for hydroxylation is 2. The molecule has 0 aliphatic carbocycles. The number of fused-ring (bicyclic) bond motifs is 1. The predicted octanol–water partition coefficient (Wildman–Crippen LogP) is 7.43. The van der Waals surface area contributed by atoms with E-state index in [1.54, 1.807) is 0 Å². The van der Waals surface area contributed by atoms with Crippen LogP contribution in [0.2, 0.25) is 5.02 Å². The summed E-state index contributed by atoms with van der Waals surface area (Å²) in [6, 6.07) is 12.0. The second-order valence-electron chi connectivity index (χ2n) is 9.88. The van der Waals surface area contributed by atoms with E-state index in [1.165, 1.54) is 38.8 Å². The maximum Gasteiger partial charge on any atom is 0.157 e. The van der Waals surface area contributed by atoms with Gasteiger partial charge in [0.15, 0.2) is 5.82 Å². The maximum absolute atomic E-state index is 9.24. The van der Waals surface area contributed by atoms with Crippen LogP contribution in [-0.4, -0.2) is 23.3 Å². The first kappa shape index (κ1) is 26.9. The minimum atomic E-state index is -0.00973. The average molecular weight is 492 g/mol. The average Bonchev–Trinajstić information content (AvgIpc) is 2.81. The third-order valence-electron chi connectivity index (χ3n) is 7.12. The van der Waals surface area contributed by atoms with E-state index >= 15 is 0 Å².